The molecule has 0 aliphatic rings. The molecule has 15 heavy (non-hydrogen) atoms. The number of carbonyl (C=O) groups excluding carboxylic acids is 1. The molecule has 0 atom stereocenters. The Labute approximate surface area is 94.6 Å². The highest BCUT2D eigenvalue weighted by atomic mass is 35.5. The lowest BCUT2D eigenvalue weighted by atomic mass is 10.2. The van der Waals surface area contributed by atoms with Gasteiger partial charge in [0, 0.05) is 6.07 Å². The molecule has 82 valence electrons. The molecule has 1 heterocycles. The maximum atomic E-state index is 11.6. The van der Waals surface area contributed by atoms with Gasteiger partial charge >= 0.3 is 6.09 Å². The van der Waals surface area contributed by atoms with Crippen LogP contribution >= 0.6 is 11.6 Å². The van der Waals surface area contributed by atoms with Crippen LogP contribution in [0.4, 0.5) is 4.79 Å². The number of halogens is 1. The molecule has 0 radical (unpaired) electrons. The number of carbonyl (C=O) groups is 1. The van der Waals surface area contributed by atoms with Gasteiger partial charge in [-0.3, -0.25) is 0 Å². The van der Waals surface area contributed by atoms with E-state index < -0.39 is 11.7 Å². The maximum absolute atomic E-state index is 11.6. The molecule has 0 aliphatic carbocycles. The second-order valence-corrected chi connectivity index (χ2v) is 4.77. The summed E-state index contributed by atoms with van der Waals surface area (Å²) in [7, 11) is 0. The van der Waals surface area contributed by atoms with Crippen molar-refractivity contribution in [3.63, 3.8) is 0 Å². The van der Waals surface area contributed by atoms with Gasteiger partial charge < -0.3 is 4.74 Å². The maximum Gasteiger partial charge on any atom is 0.602 e. The topological polar surface area (TPSA) is 30.2 Å². The summed E-state index contributed by atoms with van der Waals surface area (Å²) >= 11 is 5.90. The quantitative estimate of drug-likeness (QED) is 0.640. The first-order valence-corrected chi connectivity index (χ1v) is 5.08. The molecule has 3 nitrogen and oxygen atoms in total. The SMILES string of the molecule is Cc1cc[n+](C(=O)OC(C)(C)C)cc1Cl. The largest absolute Gasteiger partial charge is 0.602 e. The summed E-state index contributed by atoms with van der Waals surface area (Å²) < 4.78 is 6.52. The van der Waals surface area contributed by atoms with Crippen LogP contribution in [0, 0.1) is 6.92 Å². The number of ether oxygens (including phenoxy) is 1. The lowest BCUT2D eigenvalue weighted by Gasteiger charge is -2.15. The van der Waals surface area contributed by atoms with Crippen LogP contribution in [0.15, 0.2) is 18.5 Å². The second kappa shape index (κ2) is 4.19. The van der Waals surface area contributed by atoms with E-state index in [1.807, 2.05) is 27.7 Å². The van der Waals surface area contributed by atoms with Gasteiger partial charge in [-0.1, -0.05) is 16.2 Å². The zero-order valence-corrected chi connectivity index (χ0v) is 10.1. The van der Waals surface area contributed by atoms with E-state index in [1.54, 1.807) is 18.5 Å². The fourth-order valence-electron chi connectivity index (χ4n) is 0.967. The van der Waals surface area contributed by atoms with Crippen molar-refractivity contribution in [3.05, 3.63) is 29.0 Å². The van der Waals surface area contributed by atoms with Crippen molar-refractivity contribution in [3.8, 4) is 0 Å². The van der Waals surface area contributed by atoms with E-state index in [2.05, 4.69) is 0 Å². The molecule has 1 aromatic rings. The van der Waals surface area contributed by atoms with E-state index in [0.717, 1.165) is 5.56 Å². The molecule has 1 rings (SSSR count). The fourth-order valence-corrected chi connectivity index (χ4v) is 1.14. The minimum absolute atomic E-state index is 0.426. The molecule has 0 saturated heterocycles. The van der Waals surface area contributed by atoms with Gasteiger partial charge in [0.25, 0.3) is 0 Å². The second-order valence-electron chi connectivity index (χ2n) is 4.36. The summed E-state index contributed by atoms with van der Waals surface area (Å²) in [6, 6.07) is 1.77. The van der Waals surface area contributed by atoms with E-state index in [0.29, 0.717) is 5.02 Å². The molecule has 0 unspecified atom stereocenters. The summed E-state index contributed by atoms with van der Waals surface area (Å²) in [6.07, 6.45) is 2.75. The molecule has 0 N–H and O–H groups in total. The molecule has 4 heteroatoms. The Bertz CT molecular complexity index is 383. The van der Waals surface area contributed by atoms with E-state index in [1.165, 1.54) is 4.57 Å². The number of aromatic nitrogens is 1. The smallest absolute Gasteiger partial charge is 0.406 e. The first-order chi connectivity index (χ1) is 6.79. The average Bonchev–Trinajstić information content (AvgIpc) is 2.06. The number of aryl methyl sites for hydroxylation is 1. The molecular formula is C11H15ClNO2+. The van der Waals surface area contributed by atoms with E-state index >= 15 is 0 Å². The minimum Gasteiger partial charge on any atom is -0.406 e. The molecule has 0 fully saturated rings. The van der Waals surface area contributed by atoms with Gasteiger partial charge in [-0.15, -0.1) is 0 Å². The highest BCUT2D eigenvalue weighted by molar-refractivity contribution is 6.31. The summed E-state index contributed by atoms with van der Waals surface area (Å²) in [5, 5.41) is 0.545. The predicted octanol–water partition coefficient (Wildman–Crippen LogP) is 2.72. The first-order valence-electron chi connectivity index (χ1n) is 4.70. The van der Waals surface area contributed by atoms with Gasteiger partial charge in [-0.05, 0) is 33.3 Å². The van der Waals surface area contributed by atoms with Crippen LogP contribution in [-0.4, -0.2) is 11.7 Å². The van der Waals surface area contributed by atoms with Gasteiger partial charge in [0.05, 0.1) is 0 Å². The number of nitrogens with zero attached hydrogens (tertiary/aromatic N) is 1. The Morgan fingerprint density at radius 2 is 2.07 bits per heavy atom. The third-order valence-electron chi connectivity index (χ3n) is 1.72. The monoisotopic (exact) mass is 228 g/mol. The van der Waals surface area contributed by atoms with Gasteiger partial charge in [0.2, 0.25) is 6.20 Å². The molecule has 0 bridgehead atoms. The number of rotatable bonds is 0. The van der Waals surface area contributed by atoms with Crippen LogP contribution in [-0.2, 0) is 4.74 Å². The van der Waals surface area contributed by atoms with Crippen LogP contribution in [0.1, 0.15) is 26.3 Å². The standard InChI is InChI=1S/C11H15ClNO2/c1-8-5-6-13(7-9(8)12)10(14)15-11(2,3)4/h5-7H,1-4H3/q+1. The Morgan fingerprint density at radius 3 is 2.53 bits per heavy atom. The van der Waals surface area contributed by atoms with Gasteiger partial charge in [0.1, 0.15) is 10.6 Å². The Hall–Kier alpha value is -1.09. The molecule has 0 aromatic carbocycles. The van der Waals surface area contributed by atoms with Crippen LogP contribution in [0.3, 0.4) is 0 Å². The van der Waals surface area contributed by atoms with Crippen LogP contribution in [0.5, 0.6) is 0 Å². The normalized spacial score (nSPS) is 11.3. The first kappa shape index (κ1) is 12.0. The van der Waals surface area contributed by atoms with E-state index in [4.69, 9.17) is 16.3 Å². The van der Waals surface area contributed by atoms with Gasteiger partial charge in [-0.2, -0.15) is 4.79 Å². The van der Waals surface area contributed by atoms with Crippen molar-refractivity contribution < 1.29 is 14.1 Å². The lowest BCUT2D eigenvalue weighted by molar-refractivity contribution is -0.588. The van der Waals surface area contributed by atoms with Crippen LogP contribution in [0.2, 0.25) is 5.02 Å². The molecule has 0 aliphatic heterocycles. The Kier molecular flexibility index (Phi) is 3.35. The lowest BCUT2D eigenvalue weighted by Crippen LogP contribution is -2.46. The zero-order valence-electron chi connectivity index (χ0n) is 9.37. The zero-order chi connectivity index (χ0) is 11.6. The summed E-state index contributed by atoms with van der Waals surface area (Å²) in [5.41, 5.74) is 0.429. The molecule has 0 amide bonds. The number of hydrogen-bond acceptors (Lipinski definition) is 2. The number of hydrogen-bond donors (Lipinski definition) is 0. The Balaban J connectivity index is 2.88. The average molecular weight is 229 g/mol. The van der Waals surface area contributed by atoms with E-state index in [9.17, 15) is 4.79 Å². The van der Waals surface area contributed by atoms with Gasteiger partial charge in [0.15, 0.2) is 6.20 Å². The summed E-state index contributed by atoms with van der Waals surface area (Å²) in [4.78, 5) is 11.6. The third-order valence-corrected chi connectivity index (χ3v) is 2.11. The predicted molar refractivity (Wildman–Crippen MR) is 58.0 cm³/mol. The van der Waals surface area contributed by atoms with Crippen LogP contribution in [0.25, 0.3) is 0 Å². The highest BCUT2D eigenvalue weighted by Crippen LogP contribution is 2.11. The van der Waals surface area contributed by atoms with Gasteiger partial charge in [-0.25, -0.2) is 0 Å². The van der Waals surface area contributed by atoms with Crippen molar-refractivity contribution in [2.45, 2.75) is 33.3 Å². The van der Waals surface area contributed by atoms with Crippen molar-refractivity contribution in [2.24, 2.45) is 0 Å². The van der Waals surface area contributed by atoms with Crippen molar-refractivity contribution in [1.29, 1.82) is 0 Å². The van der Waals surface area contributed by atoms with Crippen molar-refractivity contribution in [2.75, 3.05) is 0 Å². The fraction of sp³-hybridized carbons (Fsp3) is 0.455. The third kappa shape index (κ3) is 3.51. The molecule has 0 spiro atoms. The number of pyridine rings is 1. The highest BCUT2D eigenvalue weighted by Gasteiger charge is 2.24. The molecular weight excluding hydrogens is 214 g/mol. The van der Waals surface area contributed by atoms with E-state index in [-0.39, 0.29) is 0 Å². The summed E-state index contributed by atoms with van der Waals surface area (Å²) in [6.45, 7) is 7.34. The van der Waals surface area contributed by atoms with Crippen LogP contribution < -0.4 is 4.57 Å². The van der Waals surface area contributed by atoms with Crippen molar-refractivity contribution in [1.82, 2.24) is 0 Å². The Morgan fingerprint density at radius 1 is 1.47 bits per heavy atom. The molecule has 1 aromatic heterocycles. The summed E-state index contributed by atoms with van der Waals surface area (Å²) in [5.74, 6) is 0. The van der Waals surface area contributed by atoms with Crippen molar-refractivity contribution >= 4 is 17.7 Å². The molecule has 0 saturated carbocycles. The minimum atomic E-state index is -0.499.